The molecule has 110 valence electrons. The summed E-state index contributed by atoms with van der Waals surface area (Å²) in [5.41, 5.74) is 2.01. The van der Waals surface area contributed by atoms with Gasteiger partial charge in [-0.25, -0.2) is 0 Å². The predicted octanol–water partition coefficient (Wildman–Crippen LogP) is 3.10. The summed E-state index contributed by atoms with van der Waals surface area (Å²) in [7, 11) is 1.97. The van der Waals surface area contributed by atoms with Gasteiger partial charge in [-0.05, 0) is 43.3 Å². The molecule has 0 aliphatic heterocycles. The van der Waals surface area contributed by atoms with Gasteiger partial charge in [-0.1, -0.05) is 25.1 Å². The Labute approximate surface area is 125 Å². The molecule has 2 aromatic rings. The first-order chi connectivity index (χ1) is 10.2. The van der Waals surface area contributed by atoms with Crippen LogP contribution in [-0.2, 0) is 4.79 Å². The molecule has 0 aliphatic carbocycles. The number of benzene rings is 1. The van der Waals surface area contributed by atoms with E-state index in [9.17, 15) is 4.79 Å². The number of nitrogens with one attached hydrogen (secondary N) is 1. The average Bonchev–Trinajstić information content (AvgIpc) is 2.50. The Morgan fingerprint density at radius 1 is 1.19 bits per heavy atom. The lowest BCUT2D eigenvalue weighted by atomic mass is 10.0. The van der Waals surface area contributed by atoms with Crippen molar-refractivity contribution in [3.63, 3.8) is 0 Å². The normalized spacial score (nSPS) is 12.1. The molecule has 1 aromatic carbocycles. The third kappa shape index (κ3) is 4.39. The van der Waals surface area contributed by atoms with Crippen LogP contribution in [0.15, 0.2) is 54.9 Å². The van der Waals surface area contributed by atoms with E-state index in [2.05, 4.69) is 22.1 Å². The number of aromatic nitrogens is 1. The predicted molar refractivity (Wildman–Crippen MR) is 85.0 cm³/mol. The second-order valence-electron chi connectivity index (χ2n) is 5.03. The van der Waals surface area contributed by atoms with Crippen molar-refractivity contribution in [2.75, 3.05) is 18.9 Å². The van der Waals surface area contributed by atoms with E-state index in [0.717, 1.165) is 12.1 Å². The minimum absolute atomic E-state index is 0.00351. The molecule has 1 N–H and O–H groups in total. The van der Waals surface area contributed by atoms with Crippen molar-refractivity contribution in [3.05, 3.63) is 60.4 Å². The molecule has 1 atom stereocenters. The molecule has 0 saturated carbocycles. The number of carbonyl (C=O) groups is 1. The maximum absolute atomic E-state index is 12.1. The van der Waals surface area contributed by atoms with Gasteiger partial charge in [-0.2, -0.15) is 0 Å². The molecule has 0 bridgehead atoms. The van der Waals surface area contributed by atoms with Gasteiger partial charge in [0.1, 0.15) is 0 Å². The molecule has 0 saturated heterocycles. The van der Waals surface area contributed by atoms with E-state index in [4.69, 9.17) is 0 Å². The molecule has 21 heavy (non-hydrogen) atoms. The molecule has 0 aliphatic rings. The first-order valence-corrected chi connectivity index (χ1v) is 7.15. The van der Waals surface area contributed by atoms with E-state index < -0.39 is 0 Å². The van der Waals surface area contributed by atoms with Crippen LogP contribution in [0.3, 0.4) is 0 Å². The van der Waals surface area contributed by atoms with Gasteiger partial charge >= 0.3 is 0 Å². The van der Waals surface area contributed by atoms with Crippen LogP contribution in [0.5, 0.6) is 0 Å². The van der Waals surface area contributed by atoms with Crippen LogP contribution >= 0.6 is 0 Å². The second kappa shape index (κ2) is 7.55. The minimum Gasteiger partial charge on any atom is -0.325 e. The van der Waals surface area contributed by atoms with E-state index in [1.54, 1.807) is 12.4 Å². The standard InChI is InChI=1S/C17H21N3O/c1-3-16(14-9-11-18-12-10-14)20(2)13-17(21)19-15-7-5-4-6-8-15/h4-12,16H,3,13H2,1-2H3,(H,19,21)/t16-/m1/s1. The average molecular weight is 283 g/mol. The first kappa shape index (κ1) is 15.2. The summed E-state index contributed by atoms with van der Waals surface area (Å²) >= 11 is 0. The van der Waals surface area contributed by atoms with Crippen molar-refractivity contribution in [1.82, 2.24) is 9.88 Å². The molecular formula is C17H21N3O. The van der Waals surface area contributed by atoms with E-state index >= 15 is 0 Å². The van der Waals surface area contributed by atoms with Crippen LogP contribution in [0, 0.1) is 0 Å². The third-order valence-electron chi connectivity index (χ3n) is 3.46. The molecule has 0 spiro atoms. The smallest absolute Gasteiger partial charge is 0.238 e. The van der Waals surface area contributed by atoms with Gasteiger partial charge in [0.05, 0.1) is 6.54 Å². The van der Waals surface area contributed by atoms with Gasteiger partial charge in [0.15, 0.2) is 0 Å². The molecule has 0 unspecified atom stereocenters. The van der Waals surface area contributed by atoms with E-state index in [-0.39, 0.29) is 11.9 Å². The molecular weight excluding hydrogens is 262 g/mol. The SMILES string of the molecule is CC[C@H](c1ccncc1)N(C)CC(=O)Nc1ccccc1. The monoisotopic (exact) mass is 283 g/mol. The zero-order valence-corrected chi connectivity index (χ0v) is 12.5. The van der Waals surface area contributed by atoms with Crippen LogP contribution < -0.4 is 5.32 Å². The summed E-state index contributed by atoms with van der Waals surface area (Å²) in [6, 6.07) is 13.7. The fourth-order valence-corrected chi connectivity index (χ4v) is 2.45. The third-order valence-corrected chi connectivity index (χ3v) is 3.46. The lowest BCUT2D eigenvalue weighted by Gasteiger charge is -2.26. The highest BCUT2D eigenvalue weighted by Crippen LogP contribution is 2.21. The van der Waals surface area contributed by atoms with Crippen LogP contribution in [0.25, 0.3) is 0 Å². The molecule has 0 fully saturated rings. The van der Waals surface area contributed by atoms with Crippen molar-refractivity contribution in [2.45, 2.75) is 19.4 Å². The Kier molecular flexibility index (Phi) is 5.46. The van der Waals surface area contributed by atoms with Crippen LogP contribution in [0.4, 0.5) is 5.69 Å². The number of pyridine rings is 1. The number of carbonyl (C=O) groups excluding carboxylic acids is 1. The Bertz CT molecular complexity index is 557. The van der Waals surface area contributed by atoms with Crippen molar-refractivity contribution in [3.8, 4) is 0 Å². The number of nitrogens with zero attached hydrogens (tertiary/aromatic N) is 2. The minimum atomic E-state index is -0.00351. The van der Waals surface area contributed by atoms with E-state index in [0.29, 0.717) is 6.54 Å². The molecule has 1 amide bonds. The van der Waals surface area contributed by atoms with Crippen molar-refractivity contribution in [1.29, 1.82) is 0 Å². The Morgan fingerprint density at radius 3 is 2.48 bits per heavy atom. The number of rotatable bonds is 6. The van der Waals surface area contributed by atoms with Crippen molar-refractivity contribution >= 4 is 11.6 Å². The Morgan fingerprint density at radius 2 is 1.86 bits per heavy atom. The van der Waals surface area contributed by atoms with E-state index in [1.807, 2.05) is 49.5 Å². The zero-order chi connectivity index (χ0) is 15.1. The molecule has 4 heteroatoms. The van der Waals surface area contributed by atoms with E-state index in [1.165, 1.54) is 5.56 Å². The van der Waals surface area contributed by atoms with Gasteiger partial charge in [-0.3, -0.25) is 14.7 Å². The lowest BCUT2D eigenvalue weighted by Crippen LogP contribution is -2.33. The van der Waals surface area contributed by atoms with Gasteiger partial charge in [0.25, 0.3) is 0 Å². The molecule has 1 aromatic heterocycles. The molecule has 4 nitrogen and oxygen atoms in total. The summed E-state index contributed by atoms with van der Waals surface area (Å²) < 4.78 is 0. The highest BCUT2D eigenvalue weighted by atomic mass is 16.2. The maximum atomic E-state index is 12.1. The Hall–Kier alpha value is -2.20. The molecule has 2 rings (SSSR count). The summed E-state index contributed by atoms with van der Waals surface area (Å²) in [4.78, 5) is 18.2. The van der Waals surface area contributed by atoms with Crippen LogP contribution in [0.2, 0.25) is 0 Å². The zero-order valence-electron chi connectivity index (χ0n) is 12.5. The topological polar surface area (TPSA) is 45.2 Å². The van der Waals surface area contributed by atoms with Crippen LogP contribution in [0.1, 0.15) is 24.9 Å². The summed E-state index contributed by atoms with van der Waals surface area (Å²) in [6.45, 7) is 2.48. The summed E-state index contributed by atoms with van der Waals surface area (Å²) in [6.07, 6.45) is 4.52. The van der Waals surface area contributed by atoms with Crippen molar-refractivity contribution in [2.24, 2.45) is 0 Å². The van der Waals surface area contributed by atoms with Crippen LogP contribution in [-0.4, -0.2) is 29.4 Å². The number of likely N-dealkylation sites (N-methyl/N-ethyl adjacent to an activating group) is 1. The highest BCUT2D eigenvalue weighted by molar-refractivity contribution is 5.92. The molecule has 0 radical (unpaired) electrons. The molecule has 1 heterocycles. The number of amides is 1. The fourth-order valence-electron chi connectivity index (χ4n) is 2.45. The van der Waals surface area contributed by atoms with Crippen molar-refractivity contribution < 1.29 is 4.79 Å². The summed E-state index contributed by atoms with van der Waals surface area (Å²) in [5.74, 6) is -0.00351. The quantitative estimate of drug-likeness (QED) is 0.886. The largest absolute Gasteiger partial charge is 0.325 e. The second-order valence-corrected chi connectivity index (χ2v) is 5.03. The number of anilines is 1. The van der Waals surface area contributed by atoms with Gasteiger partial charge in [0.2, 0.25) is 5.91 Å². The summed E-state index contributed by atoms with van der Waals surface area (Å²) in [5, 5.41) is 2.91. The fraction of sp³-hybridized carbons (Fsp3) is 0.294. The van der Waals surface area contributed by atoms with Gasteiger partial charge < -0.3 is 5.32 Å². The number of hydrogen-bond acceptors (Lipinski definition) is 3. The lowest BCUT2D eigenvalue weighted by molar-refractivity contribution is -0.117. The van der Waals surface area contributed by atoms with Gasteiger partial charge in [0, 0.05) is 24.1 Å². The Balaban J connectivity index is 1.96. The maximum Gasteiger partial charge on any atom is 0.238 e. The first-order valence-electron chi connectivity index (χ1n) is 7.15. The number of para-hydroxylation sites is 1. The van der Waals surface area contributed by atoms with Gasteiger partial charge in [-0.15, -0.1) is 0 Å². The highest BCUT2D eigenvalue weighted by Gasteiger charge is 2.17. The number of hydrogen-bond donors (Lipinski definition) is 1.